The molecule has 0 aliphatic carbocycles. The van der Waals surface area contributed by atoms with Crippen molar-refractivity contribution in [2.24, 2.45) is 5.92 Å². The first-order valence-electron chi connectivity index (χ1n) is 11.3. The predicted molar refractivity (Wildman–Crippen MR) is 128 cm³/mol. The number of hydrogen-bond donors (Lipinski definition) is 3. The quantitative estimate of drug-likeness (QED) is 0.434. The normalized spacial score (nSPS) is 12.3. The van der Waals surface area contributed by atoms with Crippen LogP contribution in [-0.2, 0) is 9.59 Å². The second-order valence-electron chi connectivity index (χ2n) is 7.80. The lowest BCUT2D eigenvalue weighted by Gasteiger charge is -2.22. The van der Waals surface area contributed by atoms with Gasteiger partial charge in [0.15, 0.2) is 6.10 Å². The third-order valence-corrected chi connectivity index (χ3v) is 4.79. The van der Waals surface area contributed by atoms with E-state index < -0.39 is 29.9 Å². The number of rotatable bonds is 11. The van der Waals surface area contributed by atoms with E-state index in [0.717, 1.165) is 0 Å². The lowest BCUT2D eigenvalue weighted by atomic mass is 10.0. The Morgan fingerprint density at radius 3 is 1.71 bits per heavy atom. The molecule has 34 heavy (non-hydrogen) atoms. The molecule has 0 saturated carbocycles. The maximum Gasteiger partial charge on any atom is 0.279 e. The zero-order valence-corrected chi connectivity index (χ0v) is 20.2. The average molecular weight is 472 g/mol. The Hall–Kier alpha value is -3.75. The summed E-state index contributed by atoms with van der Waals surface area (Å²) in [6.07, 6.45) is -0.866. The number of carbonyl (C=O) groups is 3. The molecule has 0 bridgehead atoms. The molecular weight excluding hydrogens is 438 g/mol. The fourth-order valence-corrected chi connectivity index (χ4v) is 2.97. The van der Waals surface area contributed by atoms with Crippen molar-refractivity contribution in [2.75, 3.05) is 13.2 Å². The molecule has 2 aromatic rings. The van der Waals surface area contributed by atoms with E-state index in [2.05, 4.69) is 16.2 Å². The highest BCUT2D eigenvalue weighted by Gasteiger charge is 2.26. The van der Waals surface area contributed by atoms with Gasteiger partial charge in [-0.2, -0.15) is 0 Å². The van der Waals surface area contributed by atoms with E-state index in [0.29, 0.717) is 36.0 Å². The van der Waals surface area contributed by atoms with E-state index in [1.807, 2.05) is 13.8 Å². The van der Waals surface area contributed by atoms with Crippen molar-refractivity contribution in [2.45, 2.75) is 46.8 Å². The van der Waals surface area contributed by atoms with Crippen molar-refractivity contribution in [1.29, 1.82) is 0 Å². The second-order valence-corrected chi connectivity index (χ2v) is 7.80. The van der Waals surface area contributed by atoms with Crippen LogP contribution >= 0.6 is 0 Å². The first kappa shape index (κ1) is 26.5. The van der Waals surface area contributed by atoms with Crippen LogP contribution in [0.15, 0.2) is 48.5 Å². The van der Waals surface area contributed by atoms with Gasteiger partial charge in [-0.15, -0.1) is 0 Å². The highest BCUT2D eigenvalue weighted by Crippen LogP contribution is 2.18. The third kappa shape index (κ3) is 7.99. The van der Waals surface area contributed by atoms with Crippen LogP contribution in [0.3, 0.4) is 0 Å². The fourth-order valence-electron chi connectivity index (χ4n) is 2.97. The van der Waals surface area contributed by atoms with E-state index in [1.165, 1.54) is 0 Å². The molecule has 2 atom stereocenters. The molecule has 0 aliphatic heterocycles. The van der Waals surface area contributed by atoms with Gasteiger partial charge in [0.1, 0.15) is 23.3 Å². The van der Waals surface area contributed by atoms with Gasteiger partial charge < -0.3 is 19.5 Å². The molecule has 0 aromatic heterocycles. The van der Waals surface area contributed by atoms with Gasteiger partial charge in [0.25, 0.3) is 17.7 Å². The number of hydrazine groups is 1. The summed E-state index contributed by atoms with van der Waals surface area (Å²) in [7, 11) is 0. The largest absolute Gasteiger partial charge is 0.494 e. The summed E-state index contributed by atoms with van der Waals surface area (Å²) in [5.74, 6) is 0.128. The maximum atomic E-state index is 12.7. The highest BCUT2D eigenvalue weighted by molar-refractivity contribution is 5.98. The van der Waals surface area contributed by atoms with E-state index >= 15 is 0 Å². The zero-order chi connectivity index (χ0) is 25.1. The molecule has 0 heterocycles. The van der Waals surface area contributed by atoms with Gasteiger partial charge in [-0.25, -0.2) is 0 Å². The Morgan fingerprint density at radius 2 is 1.21 bits per heavy atom. The van der Waals surface area contributed by atoms with Gasteiger partial charge in [-0.1, -0.05) is 13.8 Å². The Labute approximate surface area is 200 Å². The maximum absolute atomic E-state index is 12.7. The van der Waals surface area contributed by atoms with Crippen LogP contribution in [0.5, 0.6) is 17.2 Å². The molecule has 0 saturated heterocycles. The Morgan fingerprint density at radius 1 is 0.735 bits per heavy atom. The number of hydrogen-bond acceptors (Lipinski definition) is 6. The van der Waals surface area contributed by atoms with Gasteiger partial charge >= 0.3 is 0 Å². The first-order valence-corrected chi connectivity index (χ1v) is 11.3. The Bertz CT molecular complexity index is 944. The molecule has 184 valence electrons. The summed E-state index contributed by atoms with van der Waals surface area (Å²) in [5.41, 5.74) is 5.11. The topological polar surface area (TPSA) is 115 Å². The zero-order valence-electron chi connectivity index (χ0n) is 20.2. The van der Waals surface area contributed by atoms with Gasteiger partial charge in [0, 0.05) is 5.56 Å². The van der Waals surface area contributed by atoms with Crippen molar-refractivity contribution < 1.29 is 28.6 Å². The second kappa shape index (κ2) is 13.1. The summed E-state index contributed by atoms with van der Waals surface area (Å²) < 4.78 is 16.3. The molecule has 0 spiro atoms. The molecule has 0 fully saturated rings. The minimum absolute atomic E-state index is 0.221. The monoisotopic (exact) mass is 471 g/mol. The van der Waals surface area contributed by atoms with Crippen molar-refractivity contribution in [3.63, 3.8) is 0 Å². The number of ether oxygens (including phenoxy) is 3. The fraction of sp³-hybridized carbons (Fsp3) is 0.400. The number of nitrogens with one attached hydrogen (secondary N) is 3. The summed E-state index contributed by atoms with van der Waals surface area (Å²) in [6.45, 7) is 9.99. The van der Waals surface area contributed by atoms with Gasteiger partial charge in [0.05, 0.1) is 13.2 Å². The van der Waals surface area contributed by atoms with E-state index in [9.17, 15) is 14.4 Å². The van der Waals surface area contributed by atoms with Crippen LogP contribution in [0.1, 0.15) is 45.0 Å². The van der Waals surface area contributed by atoms with Crippen molar-refractivity contribution in [1.82, 2.24) is 16.2 Å². The molecule has 3 N–H and O–H groups in total. The smallest absolute Gasteiger partial charge is 0.279 e. The molecule has 2 rings (SSSR count). The minimum Gasteiger partial charge on any atom is -0.494 e. The van der Waals surface area contributed by atoms with Crippen LogP contribution in [0.4, 0.5) is 0 Å². The molecule has 3 amide bonds. The van der Waals surface area contributed by atoms with Crippen molar-refractivity contribution >= 4 is 17.7 Å². The van der Waals surface area contributed by atoms with Crippen LogP contribution in [0, 0.1) is 5.92 Å². The first-order chi connectivity index (χ1) is 16.2. The summed E-state index contributed by atoms with van der Waals surface area (Å²) >= 11 is 0. The molecule has 2 unspecified atom stereocenters. The van der Waals surface area contributed by atoms with E-state index in [1.54, 1.807) is 69.3 Å². The lowest BCUT2D eigenvalue weighted by Crippen LogP contribution is -2.55. The number of carbonyl (C=O) groups excluding carboxylic acids is 3. The third-order valence-electron chi connectivity index (χ3n) is 4.79. The van der Waals surface area contributed by atoms with Crippen molar-refractivity contribution in [3.05, 3.63) is 54.1 Å². The van der Waals surface area contributed by atoms with Crippen LogP contribution in [0.2, 0.25) is 0 Å². The molecule has 9 nitrogen and oxygen atoms in total. The van der Waals surface area contributed by atoms with Crippen LogP contribution in [-0.4, -0.2) is 43.1 Å². The predicted octanol–water partition coefficient (Wildman–Crippen LogP) is 2.85. The molecule has 0 radical (unpaired) electrons. The van der Waals surface area contributed by atoms with Crippen LogP contribution in [0.25, 0.3) is 0 Å². The van der Waals surface area contributed by atoms with Gasteiger partial charge in [0.2, 0.25) is 0 Å². The summed E-state index contributed by atoms with van der Waals surface area (Å²) in [6, 6.07) is 12.6. The number of amides is 3. The highest BCUT2D eigenvalue weighted by atomic mass is 16.5. The van der Waals surface area contributed by atoms with Crippen LogP contribution < -0.4 is 30.4 Å². The van der Waals surface area contributed by atoms with Crippen molar-refractivity contribution in [3.8, 4) is 17.2 Å². The van der Waals surface area contributed by atoms with Gasteiger partial charge in [-0.3, -0.25) is 25.2 Å². The standard InChI is InChI=1S/C25H33N3O6/c1-6-32-19-10-8-18(9-11-19)24(30)26-22(16(3)4)25(31)28-27-23(29)17(5)34-21-14-12-20(13-15-21)33-7-2/h8-17,22H,6-7H2,1-5H3,(H,26,30)(H,27,29)(H,28,31). The molecule has 9 heteroatoms. The SMILES string of the molecule is CCOc1ccc(OC(C)C(=O)NNC(=O)C(NC(=O)c2ccc(OCC)cc2)C(C)C)cc1. The minimum atomic E-state index is -0.866. The van der Waals surface area contributed by atoms with E-state index in [4.69, 9.17) is 14.2 Å². The molecular formula is C25H33N3O6. The number of benzene rings is 2. The Kier molecular flexibility index (Phi) is 10.2. The van der Waals surface area contributed by atoms with Gasteiger partial charge in [-0.05, 0) is 75.2 Å². The Balaban J connectivity index is 1.89. The lowest BCUT2D eigenvalue weighted by molar-refractivity contribution is -0.133. The molecule has 0 aliphatic rings. The van der Waals surface area contributed by atoms with E-state index in [-0.39, 0.29) is 5.92 Å². The summed E-state index contributed by atoms with van der Waals surface area (Å²) in [4.78, 5) is 37.6. The average Bonchev–Trinajstić information content (AvgIpc) is 2.82. The summed E-state index contributed by atoms with van der Waals surface area (Å²) in [5, 5.41) is 2.71. The molecule has 2 aromatic carbocycles.